The van der Waals surface area contributed by atoms with Crippen LogP contribution in [-0.4, -0.2) is 24.5 Å². The van der Waals surface area contributed by atoms with Crippen molar-refractivity contribution in [2.24, 2.45) is 5.73 Å². The number of likely N-dealkylation sites (N-methyl/N-ethyl adjacent to an activating group) is 1. The molecule has 0 bridgehead atoms. The molecular formula is C17H28N2. The zero-order chi connectivity index (χ0) is 13.8. The van der Waals surface area contributed by atoms with Crippen LogP contribution in [0.4, 0.5) is 0 Å². The maximum Gasteiger partial charge on any atom is 0.0470 e. The molecule has 1 atom stereocenters. The highest BCUT2D eigenvalue weighted by Crippen LogP contribution is 2.29. The third kappa shape index (κ3) is 3.58. The SMILES string of the molecule is Cc1cc(C)cc(C(CN)N(C)C2CCCCC2)c1. The molecule has 2 heteroatoms. The molecule has 0 heterocycles. The molecule has 0 amide bonds. The van der Waals surface area contributed by atoms with Gasteiger partial charge in [-0.15, -0.1) is 0 Å². The van der Waals surface area contributed by atoms with E-state index in [1.54, 1.807) is 0 Å². The van der Waals surface area contributed by atoms with E-state index in [9.17, 15) is 0 Å². The van der Waals surface area contributed by atoms with Gasteiger partial charge in [0.05, 0.1) is 0 Å². The lowest BCUT2D eigenvalue weighted by molar-refractivity contribution is 0.140. The van der Waals surface area contributed by atoms with Gasteiger partial charge in [-0.2, -0.15) is 0 Å². The molecule has 1 aliphatic rings. The lowest BCUT2D eigenvalue weighted by Gasteiger charge is -2.37. The molecule has 19 heavy (non-hydrogen) atoms. The van der Waals surface area contributed by atoms with Crippen LogP contribution in [0.2, 0.25) is 0 Å². The molecular weight excluding hydrogens is 232 g/mol. The fourth-order valence-corrected chi connectivity index (χ4v) is 3.48. The van der Waals surface area contributed by atoms with E-state index in [1.165, 1.54) is 48.8 Å². The number of hydrogen-bond donors (Lipinski definition) is 1. The van der Waals surface area contributed by atoms with E-state index in [2.05, 4.69) is 44.0 Å². The van der Waals surface area contributed by atoms with E-state index in [-0.39, 0.29) is 0 Å². The van der Waals surface area contributed by atoms with Crippen LogP contribution in [0.3, 0.4) is 0 Å². The van der Waals surface area contributed by atoms with Crippen LogP contribution in [-0.2, 0) is 0 Å². The van der Waals surface area contributed by atoms with Crippen LogP contribution in [0.25, 0.3) is 0 Å². The van der Waals surface area contributed by atoms with Gasteiger partial charge in [0, 0.05) is 18.6 Å². The van der Waals surface area contributed by atoms with Gasteiger partial charge >= 0.3 is 0 Å². The molecule has 0 radical (unpaired) electrons. The Morgan fingerprint density at radius 1 is 1.11 bits per heavy atom. The maximum atomic E-state index is 6.07. The van der Waals surface area contributed by atoms with E-state index in [1.807, 2.05) is 0 Å². The summed E-state index contributed by atoms with van der Waals surface area (Å²) >= 11 is 0. The van der Waals surface area contributed by atoms with Gasteiger partial charge in [-0.1, -0.05) is 48.6 Å². The highest BCUT2D eigenvalue weighted by Gasteiger charge is 2.24. The molecule has 0 spiro atoms. The molecule has 2 rings (SSSR count). The Balaban J connectivity index is 2.17. The van der Waals surface area contributed by atoms with Gasteiger partial charge in [0.2, 0.25) is 0 Å². The highest BCUT2D eigenvalue weighted by molar-refractivity contribution is 5.31. The molecule has 0 aromatic heterocycles. The van der Waals surface area contributed by atoms with Gasteiger partial charge < -0.3 is 5.73 Å². The molecule has 1 fully saturated rings. The fourth-order valence-electron chi connectivity index (χ4n) is 3.48. The summed E-state index contributed by atoms with van der Waals surface area (Å²) in [6, 6.07) is 7.90. The van der Waals surface area contributed by atoms with Gasteiger partial charge in [-0.3, -0.25) is 4.90 Å². The molecule has 106 valence electrons. The molecule has 0 aliphatic heterocycles. The van der Waals surface area contributed by atoms with E-state index in [0.29, 0.717) is 18.6 Å². The van der Waals surface area contributed by atoms with E-state index in [0.717, 1.165) is 0 Å². The summed E-state index contributed by atoms with van der Waals surface area (Å²) in [5.41, 5.74) is 10.1. The first-order valence-corrected chi connectivity index (χ1v) is 7.62. The second-order valence-corrected chi connectivity index (χ2v) is 6.13. The topological polar surface area (TPSA) is 29.3 Å². The van der Waals surface area contributed by atoms with Crippen molar-refractivity contribution in [2.45, 2.75) is 58.0 Å². The van der Waals surface area contributed by atoms with Crippen molar-refractivity contribution in [1.29, 1.82) is 0 Å². The zero-order valence-corrected chi connectivity index (χ0v) is 12.7. The Kier molecular flexibility index (Phi) is 5.00. The highest BCUT2D eigenvalue weighted by atomic mass is 15.2. The molecule has 2 N–H and O–H groups in total. The maximum absolute atomic E-state index is 6.07. The first kappa shape index (κ1) is 14.5. The molecule has 0 saturated heterocycles. The smallest absolute Gasteiger partial charge is 0.0470 e. The van der Waals surface area contributed by atoms with E-state index in [4.69, 9.17) is 5.73 Å². The largest absolute Gasteiger partial charge is 0.329 e. The fraction of sp³-hybridized carbons (Fsp3) is 0.647. The van der Waals surface area contributed by atoms with Crippen molar-refractivity contribution in [3.05, 3.63) is 34.9 Å². The Morgan fingerprint density at radius 3 is 2.21 bits per heavy atom. The van der Waals surface area contributed by atoms with Crippen LogP contribution < -0.4 is 5.73 Å². The first-order chi connectivity index (χ1) is 9.11. The van der Waals surface area contributed by atoms with Crippen molar-refractivity contribution in [1.82, 2.24) is 4.90 Å². The zero-order valence-electron chi connectivity index (χ0n) is 12.7. The summed E-state index contributed by atoms with van der Waals surface area (Å²) in [4.78, 5) is 2.52. The lowest BCUT2D eigenvalue weighted by atomic mass is 9.92. The van der Waals surface area contributed by atoms with Gasteiger partial charge in [-0.25, -0.2) is 0 Å². The third-order valence-electron chi connectivity index (χ3n) is 4.49. The van der Waals surface area contributed by atoms with E-state index < -0.39 is 0 Å². The van der Waals surface area contributed by atoms with Gasteiger partial charge in [-0.05, 0) is 39.3 Å². The second-order valence-electron chi connectivity index (χ2n) is 6.13. The molecule has 1 aliphatic carbocycles. The summed E-state index contributed by atoms with van der Waals surface area (Å²) < 4.78 is 0. The number of hydrogen-bond acceptors (Lipinski definition) is 2. The lowest BCUT2D eigenvalue weighted by Crippen LogP contribution is -2.39. The average molecular weight is 260 g/mol. The Hall–Kier alpha value is -0.860. The predicted octanol–water partition coefficient (Wildman–Crippen LogP) is 3.57. The summed E-state index contributed by atoms with van der Waals surface area (Å²) in [7, 11) is 2.26. The monoisotopic (exact) mass is 260 g/mol. The first-order valence-electron chi connectivity index (χ1n) is 7.62. The molecule has 1 unspecified atom stereocenters. The summed E-state index contributed by atoms with van der Waals surface area (Å²) in [6.07, 6.45) is 6.81. The minimum atomic E-state index is 0.363. The molecule has 1 aromatic rings. The number of benzene rings is 1. The van der Waals surface area contributed by atoms with Crippen LogP contribution in [0.15, 0.2) is 18.2 Å². The Labute approximate surface area is 118 Å². The molecule has 2 nitrogen and oxygen atoms in total. The van der Waals surface area contributed by atoms with Crippen molar-refractivity contribution in [3.63, 3.8) is 0 Å². The Bertz CT molecular complexity index is 387. The number of nitrogens with zero attached hydrogens (tertiary/aromatic N) is 1. The minimum absolute atomic E-state index is 0.363. The van der Waals surface area contributed by atoms with Crippen molar-refractivity contribution < 1.29 is 0 Å². The van der Waals surface area contributed by atoms with Gasteiger partial charge in [0.15, 0.2) is 0 Å². The number of nitrogens with two attached hydrogens (primary N) is 1. The van der Waals surface area contributed by atoms with Crippen molar-refractivity contribution >= 4 is 0 Å². The minimum Gasteiger partial charge on any atom is -0.329 e. The van der Waals surface area contributed by atoms with Gasteiger partial charge in [0.25, 0.3) is 0 Å². The predicted molar refractivity (Wildman–Crippen MR) is 82.3 cm³/mol. The van der Waals surface area contributed by atoms with Gasteiger partial charge in [0.1, 0.15) is 0 Å². The standard InChI is InChI=1S/C17H28N2/c1-13-9-14(2)11-15(10-13)17(12-18)19(3)16-7-5-4-6-8-16/h9-11,16-17H,4-8,12,18H2,1-3H3. The van der Waals surface area contributed by atoms with Crippen LogP contribution in [0.1, 0.15) is 54.8 Å². The molecule has 1 saturated carbocycles. The Morgan fingerprint density at radius 2 is 1.68 bits per heavy atom. The van der Waals surface area contributed by atoms with Crippen LogP contribution in [0.5, 0.6) is 0 Å². The average Bonchev–Trinajstić information content (AvgIpc) is 2.39. The summed E-state index contributed by atoms with van der Waals surface area (Å²) in [6.45, 7) is 5.05. The summed E-state index contributed by atoms with van der Waals surface area (Å²) in [5, 5.41) is 0. The van der Waals surface area contributed by atoms with Crippen molar-refractivity contribution in [2.75, 3.05) is 13.6 Å². The quantitative estimate of drug-likeness (QED) is 0.896. The normalized spacial score (nSPS) is 18.8. The summed E-state index contributed by atoms with van der Waals surface area (Å²) in [5.74, 6) is 0. The second kappa shape index (κ2) is 6.53. The van der Waals surface area contributed by atoms with E-state index >= 15 is 0 Å². The van der Waals surface area contributed by atoms with Crippen LogP contribution >= 0.6 is 0 Å². The number of aryl methyl sites for hydroxylation is 2. The number of rotatable bonds is 4. The third-order valence-corrected chi connectivity index (χ3v) is 4.49. The molecule has 1 aromatic carbocycles. The van der Waals surface area contributed by atoms with Crippen molar-refractivity contribution in [3.8, 4) is 0 Å². The van der Waals surface area contributed by atoms with Crippen LogP contribution in [0, 0.1) is 13.8 Å².